The Hall–Kier alpha value is -3.55. The Balaban J connectivity index is 1.58. The number of aliphatic imine (C=N–C) groups is 1. The van der Waals surface area contributed by atoms with Crippen LogP contribution in [0.5, 0.6) is 0 Å². The Labute approximate surface area is 256 Å². The third-order valence-electron chi connectivity index (χ3n) is 7.91. The molecule has 2 aliphatic heterocycles. The molecule has 2 saturated heterocycles. The van der Waals surface area contributed by atoms with Gasteiger partial charge in [0.25, 0.3) is 0 Å². The van der Waals surface area contributed by atoms with E-state index in [-0.39, 0.29) is 17.2 Å². The average Bonchev–Trinajstić information content (AvgIpc) is 3.48. The van der Waals surface area contributed by atoms with Crippen LogP contribution < -0.4 is 4.90 Å². The number of halogens is 2. The normalized spacial score (nSPS) is 21.2. The van der Waals surface area contributed by atoms with Crippen molar-refractivity contribution in [1.82, 2.24) is 14.8 Å². The highest BCUT2D eigenvalue weighted by Gasteiger charge is 2.33. The predicted octanol–water partition coefficient (Wildman–Crippen LogP) is 5.28. The van der Waals surface area contributed by atoms with E-state index in [2.05, 4.69) is 21.2 Å². The van der Waals surface area contributed by atoms with Gasteiger partial charge in [0, 0.05) is 44.5 Å². The lowest BCUT2D eigenvalue weighted by Crippen LogP contribution is -2.44. The summed E-state index contributed by atoms with van der Waals surface area (Å²) in [6, 6.07) is 10.6. The molecule has 1 amide bonds. The van der Waals surface area contributed by atoms with Crippen molar-refractivity contribution in [3.63, 3.8) is 0 Å². The van der Waals surface area contributed by atoms with Gasteiger partial charge in [-0.2, -0.15) is 18.2 Å². The average molecular weight is 629 g/mol. The molecule has 0 aliphatic carbocycles. The van der Waals surface area contributed by atoms with Crippen molar-refractivity contribution >= 4 is 27.2 Å². The maximum atomic E-state index is 13.5. The van der Waals surface area contributed by atoms with Crippen molar-refractivity contribution in [3.8, 4) is 11.1 Å². The molecule has 2 aliphatic rings. The van der Waals surface area contributed by atoms with Gasteiger partial charge in [-0.25, -0.2) is 13.9 Å². The molecule has 0 spiro atoms. The summed E-state index contributed by atoms with van der Waals surface area (Å²) in [6.07, 6.45) is 6.00. The molecule has 10 nitrogen and oxygen atoms in total. The summed E-state index contributed by atoms with van der Waals surface area (Å²) in [5, 5.41) is 4.83. The number of carbonyl (C=O) groups excluding carboxylic acids is 1. The molecule has 4 heterocycles. The largest absolute Gasteiger partial charge is 0.377 e. The van der Waals surface area contributed by atoms with Crippen molar-refractivity contribution in [2.75, 3.05) is 44.6 Å². The van der Waals surface area contributed by atoms with E-state index in [1.165, 1.54) is 6.26 Å². The van der Waals surface area contributed by atoms with E-state index in [0.29, 0.717) is 50.4 Å². The lowest BCUT2D eigenvalue weighted by atomic mass is 9.97. The van der Waals surface area contributed by atoms with Gasteiger partial charge in [0.05, 0.1) is 34.7 Å². The number of benzene rings is 1. The summed E-state index contributed by atoms with van der Waals surface area (Å²) >= 11 is 0. The van der Waals surface area contributed by atoms with Crippen LogP contribution in [0.3, 0.4) is 0 Å². The minimum Gasteiger partial charge on any atom is -0.377 e. The van der Waals surface area contributed by atoms with E-state index < -0.39 is 21.6 Å². The van der Waals surface area contributed by atoms with Gasteiger partial charge in [-0.15, -0.1) is 0 Å². The number of hydrogen-bond acceptors (Lipinski definition) is 8. The summed E-state index contributed by atoms with van der Waals surface area (Å²) in [4.78, 5) is 23.9. The van der Waals surface area contributed by atoms with Crippen molar-refractivity contribution in [3.05, 3.63) is 59.5 Å². The third-order valence-corrected chi connectivity index (χ3v) is 9.57. The van der Waals surface area contributed by atoms with Crippen molar-refractivity contribution in [1.29, 1.82) is 0 Å². The lowest BCUT2D eigenvalue weighted by Gasteiger charge is -2.35. The number of amides is 1. The van der Waals surface area contributed by atoms with Gasteiger partial charge in [-0.05, 0) is 74.1 Å². The van der Waals surface area contributed by atoms with Gasteiger partial charge in [0.2, 0.25) is 0 Å². The minimum atomic E-state index is -3.70. The molecule has 0 saturated carbocycles. The molecule has 5 rings (SSSR count). The third kappa shape index (κ3) is 6.74. The lowest BCUT2D eigenvalue weighted by molar-refractivity contribution is -0.138. The maximum Gasteiger partial charge on any atom is 0.324 e. The van der Waals surface area contributed by atoms with Crippen LogP contribution in [-0.4, -0.2) is 82.2 Å². The molecule has 2 aromatic heterocycles. The van der Waals surface area contributed by atoms with Crippen LogP contribution >= 0.6 is 0 Å². The molecule has 3 atom stereocenters. The number of hydrogen-bond donors (Lipinski definition) is 0. The van der Waals surface area contributed by atoms with E-state index in [4.69, 9.17) is 19.6 Å². The highest BCUT2D eigenvalue weighted by atomic mass is 32.2. The Bertz CT molecular complexity index is 1670. The van der Waals surface area contributed by atoms with Gasteiger partial charge >= 0.3 is 11.8 Å². The standard InChI is InChI=1S/C31H38F2N6O4S/c1-20-19-42-17-15-38(20)26-18-24(22-9-11-23(12-10-22)44(5,41)37-30(40)31(3,32)33)21(2)28(35-26)29(34-4)25-13-14-39(36-25)27-8-6-7-16-43-27/h9-14,18,20,27H,6-8,15-17,19H2,1-5H3/b34-29-. The number of pyridine rings is 1. The predicted molar refractivity (Wildman–Crippen MR) is 165 cm³/mol. The van der Waals surface area contributed by atoms with Gasteiger partial charge < -0.3 is 14.4 Å². The Kier molecular flexibility index (Phi) is 9.28. The first kappa shape index (κ1) is 31.9. The van der Waals surface area contributed by atoms with E-state index in [1.807, 2.05) is 29.9 Å². The molecule has 3 aromatic rings. The zero-order valence-electron chi connectivity index (χ0n) is 25.6. The molecule has 0 N–H and O–H groups in total. The number of morpholine rings is 1. The molecule has 236 valence electrons. The number of anilines is 1. The van der Waals surface area contributed by atoms with Crippen LogP contribution in [0.15, 0.2) is 56.8 Å². The van der Waals surface area contributed by atoms with Crippen LogP contribution in [0.2, 0.25) is 0 Å². The fourth-order valence-electron chi connectivity index (χ4n) is 5.42. The maximum absolute atomic E-state index is 13.5. The molecule has 0 bridgehead atoms. The monoisotopic (exact) mass is 628 g/mol. The first-order chi connectivity index (χ1) is 20.9. The van der Waals surface area contributed by atoms with Crippen LogP contribution in [-0.2, 0) is 24.0 Å². The molecule has 3 unspecified atom stereocenters. The molecule has 44 heavy (non-hydrogen) atoms. The van der Waals surface area contributed by atoms with Crippen molar-refractivity contribution in [2.45, 2.75) is 63.1 Å². The Morgan fingerprint density at radius 1 is 1.16 bits per heavy atom. The summed E-state index contributed by atoms with van der Waals surface area (Å²) < 4.78 is 56.8. The van der Waals surface area contributed by atoms with Crippen LogP contribution in [0.1, 0.15) is 56.3 Å². The van der Waals surface area contributed by atoms with Gasteiger partial charge in [0.1, 0.15) is 23.5 Å². The number of ether oxygens (including phenoxy) is 2. The van der Waals surface area contributed by atoms with Gasteiger partial charge in [-0.1, -0.05) is 12.1 Å². The first-order valence-electron chi connectivity index (χ1n) is 14.6. The quantitative estimate of drug-likeness (QED) is 0.327. The van der Waals surface area contributed by atoms with Gasteiger partial charge in [-0.3, -0.25) is 9.79 Å². The summed E-state index contributed by atoms with van der Waals surface area (Å²) in [5.41, 5.74) is 4.48. The zero-order chi connectivity index (χ0) is 31.6. The molecule has 1 aromatic carbocycles. The highest BCUT2D eigenvalue weighted by molar-refractivity contribution is 7.93. The first-order valence-corrected chi connectivity index (χ1v) is 16.6. The topological polar surface area (TPSA) is 111 Å². The smallest absolute Gasteiger partial charge is 0.324 e. The molecular weight excluding hydrogens is 590 g/mol. The van der Waals surface area contributed by atoms with Crippen molar-refractivity contribution in [2.24, 2.45) is 9.36 Å². The summed E-state index contributed by atoms with van der Waals surface area (Å²) in [6.45, 7) is 7.00. The zero-order valence-corrected chi connectivity index (χ0v) is 26.4. The van der Waals surface area contributed by atoms with Crippen molar-refractivity contribution < 1.29 is 27.3 Å². The summed E-state index contributed by atoms with van der Waals surface area (Å²) in [7, 11) is -1.67. The minimum absolute atomic E-state index is 0.0901. The van der Waals surface area contributed by atoms with Gasteiger partial charge in [0.15, 0.2) is 0 Å². The second-order valence-electron chi connectivity index (χ2n) is 11.3. The fourth-order valence-corrected chi connectivity index (χ4v) is 6.64. The van der Waals surface area contributed by atoms with E-state index in [1.54, 1.807) is 31.3 Å². The fraction of sp³-hybridized carbons (Fsp3) is 0.484. The molecular formula is C31H38F2N6O4S. The number of nitrogens with zero attached hydrogens (tertiary/aromatic N) is 6. The molecule has 2 fully saturated rings. The number of alkyl halides is 2. The second kappa shape index (κ2) is 12.8. The number of aromatic nitrogens is 3. The molecule has 0 radical (unpaired) electrons. The number of carbonyl (C=O) groups is 1. The van der Waals surface area contributed by atoms with Crippen LogP contribution in [0, 0.1) is 6.92 Å². The highest BCUT2D eigenvalue weighted by Crippen LogP contribution is 2.33. The van der Waals surface area contributed by atoms with E-state index in [0.717, 1.165) is 41.8 Å². The van der Waals surface area contributed by atoms with E-state index in [9.17, 15) is 17.8 Å². The Morgan fingerprint density at radius 3 is 2.55 bits per heavy atom. The van der Waals surface area contributed by atoms with Crippen LogP contribution in [0.25, 0.3) is 11.1 Å². The Morgan fingerprint density at radius 2 is 1.91 bits per heavy atom. The SMILES string of the molecule is C/N=C(/c1ccn(C2CCCCO2)n1)c1nc(N2CCOCC2C)cc(-c2ccc(S(C)(=O)=NC(=O)C(C)(F)F)cc2)c1C. The molecule has 13 heteroatoms. The van der Waals surface area contributed by atoms with E-state index >= 15 is 0 Å². The summed E-state index contributed by atoms with van der Waals surface area (Å²) in [5.74, 6) is -4.66. The second-order valence-corrected chi connectivity index (χ2v) is 13.6. The number of rotatable bonds is 7. The van der Waals surface area contributed by atoms with Crippen LogP contribution in [0.4, 0.5) is 14.6 Å².